The monoisotopic (exact) mass is 337 g/mol. The molecule has 0 atom stereocenters. The third-order valence-corrected chi connectivity index (χ3v) is 4.57. The molecule has 1 aliphatic heterocycles. The van der Waals surface area contributed by atoms with Crippen molar-refractivity contribution in [3.8, 4) is 5.69 Å². The van der Waals surface area contributed by atoms with E-state index in [1.807, 2.05) is 30.5 Å². The number of pyridine rings is 1. The van der Waals surface area contributed by atoms with Crippen molar-refractivity contribution < 1.29 is 4.39 Å². The quantitative estimate of drug-likeness (QED) is 0.792. The number of aromatic nitrogens is 3. The number of hydrogen-bond acceptors (Lipinski definition) is 4. The predicted molar refractivity (Wildman–Crippen MR) is 96.6 cm³/mol. The van der Waals surface area contributed by atoms with Gasteiger partial charge in [0, 0.05) is 43.4 Å². The zero-order valence-corrected chi connectivity index (χ0v) is 13.8. The molecule has 1 fully saturated rings. The molecular weight excluding hydrogens is 317 g/mol. The second kappa shape index (κ2) is 6.93. The summed E-state index contributed by atoms with van der Waals surface area (Å²) in [4.78, 5) is 10.7. The second-order valence-electron chi connectivity index (χ2n) is 6.23. The summed E-state index contributed by atoms with van der Waals surface area (Å²) in [5.74, 6) is 0.769. The summed E-state index contributed by atoms with van der Waals surface area (Å²) in [5.41, 5.74) is 1.32. The first-order valence-corrected chi connectivity index (χ1v) is 8.50. The zero-order chi connectivity index (χ0) is 17.1. The molecule has 3 aromatic rings. The smallest absolute Gasteiger partial charge is 0.149 e. The lowest BCUT2D eigenvalue weighted by Crippen LogP contribution is -2.39. The van der Waals surface area contributed by atoms with Crippen LogP contribution >= 0.6 is 0 Å². The van der Waals surface area contributed by atoms with Crippen LogP contribution < -0.4 is 10.2 Å². The molecule has 0 saturated carbocycles. The van der Waals surface area contributed by atoms with Gasteiger partial charge in [-0.1, -0.05) is 6.07 Å². The van der Waals surface area contributed by atoms with Gasteiger partial charge in [0.25, 0.3) is 0 Å². The number of nitrogens with one attached hydrogen (secondary N) is 1. The standard InChI is InChI=1S/C19H20FN5/c20-17-13-16(4-5-18(17)25-12-9-21-14-25)23-15-6-10-24(11-7-15)19-3-1-2-8-22-19/h1-5,8-9,12-15,23H,6-7,10-11H2. The van der Waals surface area contributed by atoms with E-state index >= 15 is 0 Å². The number of halogens is 1. The molecule has 4 rings (SSSR count). The molecule has 25 heavy (non-hydrogen) atoms. The fourth-order valence-electron chi connectivity index (χ4n) is 3.24. The van der Waals surface area contributed by atoms with Gasteiger partial charge >= 0.3 is 0 Å². The minimum atomic E-state index is -0.256. The Kier molecular flexibility index (Phi) is 4.33. The molecule has 2 aromatic heterocycles. The van der Waals surface area contributed by atoms with Crippen molar-refractivity contribution in [3.05, 3.63) is 67.1 Å². The molecular formula is C19H20FN5. The maximum Gasteiger partial charge on any atom is 0.149 e. The van der Waals surface area contributed by atoms with Gasteiger partial charge in [0.1, 0.15) is 11.6 Å². The summed E-state index contributed by atoms with van der Waals surface area (Å²) in [6.07, 6.45) is 8.80. The topological polar surface area (TPSA) is 46.0 Å². The first kappa shape index (κ1) is 15.6. The lowest BCUT2D eigenvalue weighted by atomic mass is 10.0. The van der Waals surface area contributed by atoms with Crippen molar-refractivity contribution in [1.29, 1.82) is 0 Å². The molecule has 3 heterocycles. The Morgan fingerprint density at radius 1 is 1.08 bits per heavy atom. The van der Waals surface area contributed by atoms with Crippen LogP contribution in [0.15, 0.2) is 61.3 Å². The number of anilines is 2. The van der Waals surface area contributed by atoms with Crippen molar-refractivity contribution in [2.45, 2.75) is 18.9 Å². The van der Waals surface area contributed by atoms with Gasteiger partial charge in [-0.25, -0.2) is 14.4 Å². The highest BCUT2D eigenvalue weighted by Gasteiger charge is 2.20. The first-order chi connectivity index (χ1) is 12.3. The van der Waals surface area contributed by atoms with E-state index in [1.54, 1.807) is 35.4 Å². The van der Waals surface area contributed by atoms with Gasteiger partial charge in [0.15, 0.2) is 0 Å². The van der Waals surface area contributed by atoms with Gasteiger partial charge in [0.05, 0.1) is 12.0 Å². The van der Waals surface area contributed by atoms with E-state index in [9.17, 15) is 4.39 Å². The lowest BCUT2D eigenvalue weighted by Gasteiger charge is -2.33. The SMILES string of the molecule is Fc1cc(NC2CCN(c3ccccn3)CC2)ccc1-n1ccnc1. The molecule has 128 valence electrons. The van der Waals surface area contributed by atoms with Crippen LogP contribution in [0.1, 0.15) is 12.8 Å². The van der Waals surface area contributed by atoms with E-state index in [1.165, 1.54) is 0 Å². The fourth-order valence-corrected chi connectivity index (χ4v) is 3.24. The number of rotatable bonds is 4. The molecule has 0 amide bonds. The molecule has 0 unspecified atom stereocenters. The van der Waals surface area contributed by atoms with Gasteiger partial charge in [-0.3, -0.25) is 0 Å². The van der Waals surface area contributed by atoms with Crippen molar-refractivity contribution in [2.75, 3.05) is 23.3 Å². The van der Waals surface area contributed by atoms with Gasteiger partial charge in [-0.2, -0.15) is 0 Å². The molecule has 1 aliphatic rings. The molecule has 0 radical (unpaired) electrons. The Hall–Kier alpha value is -2.89. The second-order valence-corrected chi connectivity index (χ2v) is 6.23. The predicted octanol–water partition coefficient (Wildman–Crippen LogP) is 3.49. The summed E-state index contributed by atoms with van der Waals surface area (Å²) in [5, 5.41) is 3.45. The van der Waals surface area contributed by atoms with Crippen LogP contribution in [0.2, 0.25) is 0 Å². The molecule has 5 nitrogen and oxygen atoms in total. The minimum absolute atomic E-state index is 0.256. The molecule has 6 heteroatoms. The average molecular weight is 337 g/mol. The number of imidazole rings is 1. The Bertz CT molecular complexity index is 811. The maximum absolute atomic E-state index is 14.3. The number of hydrogen-bond donors (Lipinski definition) is 1. The summed E-state index contributed by atoms with van der Waals surface area (Å²) in [6, 6.07) is 11.6. The van der Waals surface area contributed by atoms with Crippen molar-refractivity contribution in [1.82, 2.24) is 14.5 Å². The van der Waals surface area contributed by atoms with E-state index in [0.29, 0.717) is 11.7 Å². The Balaban J connectivity index is 1.38. The van der Waals surface area contributed by atoms with Crippen LogP contribution in [0.25, 0.3) is 5.69 Å². The fraction of sp³-hybridized carbons (Fsp3) is 0.263. The number of benzene rings is 1. The van der Waals surface area contributed by atoms with Gasteiger partial charge < -0.3 is 14.8 Å². The number of piperidine rings is 1. The Morgan fingerprint density at radius 3 is 2.64 bits per heavy atom. The van der Waals surface area contributed by atoms with E-state index in [0.717, 1.165) is 37.4 Å². The third-order valence-electron chi connectivity index (χ3n) is 4.57. The van der Waals surface area contributed by atoms with Crippen LogP contribution in [0.5, 0.6) is 0 Å². The van der Waals surface area contributed by atoms with Gasteiger partial charge in [-0.05, 0) is 43.2 Å². The summed E-state index contributed by atoms with van der Waals surface area (Å²) in [6.45, 7) is 1.90. The van der Waals surface area contributed by atoms with Crippen molar-refractivity contribution in [3.63, 3.8) is 0 Å². The van der Waals surface area contributed by atoms with Crippen molar-refractivity contribution in [2.24, 2.45) is 0 Å². The van der Waals surface area contributed by atoms with Crippen LogP contribution in [-0.2, 0) is 0 Å². The molecule has 1 N–H and O–H groups in total. The summed E-state index contributed by atoms with van der Waals surface area (Å²) >= 11 is 0. The maximum atomic E-state index is 14.3. The molecule has 1 saturated heterocycles. The van der Waals surface area contributed by atoms with Gasteiger partial charge in [0.2, 0.25) is 0 Å². The van der Waals surface area contributed by atoms with E-state index in [-0.39, 0.29) is 5.82 Å². The molecule has 1 aromatic carbocycles. The van der Waals surface area contributed by atoms with Crippen LogP contribution in [0.4, 0.5) is 15.9 Å². The van der Waals surface area contributed by atoms with Crippen LogP contribution in [0, 0.1) is 5.82 Å². The Labute approximate surface area is 146 Å². The Morgan fingerprint density at radius 2 is 1.96 bits per heavy atom. The number of nitrogens with zero attached hydrogens (tertiary/aromatic N) is 4. The molecule has 0 aliphatic carbocycles. The highest BCUT2D eigenvalue weighted by molar-refractivity contribution is 5.50. The largest absolute Gasteiger partial charge is 0.382 e. The minimum Gasteiger partial charge on any atom is -0.382 e. The normalized spacial score (nSPS) is 15.3. The van der Waals surface area contributed by atoms with Crippen molar-refractivity contribution >= 4 is 11.5 Å². The first-order valence-electron chi connectivity index (χ1n) is 8.50. The lowest BCUT2D eigenvalue weighted by molar-refractivity contribution is 0.523. The zero-order valence-electron chi connectivity index (χ0n) is 13.8. The molecule has 0 bridgehead atoms. The van der Waals surface area contributed by atoms with Crippen LogP contribution in [-0.4, -0.2) is 33.7 Å². The highest BCUT2D eigenvalue weighted by Crippen LogP contribution is 2.23. The van der Waals surface area contributed by atoms with E-state index < -0.39 is 0 Å². The molecule has 0 spiro atoms. The van der Waals surface area contributed by atoms with Gasteiger partial charge in [-0.15, -0.1) is 0 Å². The van der Waals surface area contributed by atoms with E-state index in [4.69, 9.17) is 0 Å². The average Bonchev–Trinajstić information content (AvgIpc) is 3.18. The third kappa shape index (κ3) is 3.47. The highest BCUT2D eigenvalue weighted by atomic mass is 19.1. The summed E-state index contributed by atoms with van der Waals surface area (Å²) in [7, 11) is 0. The van der Waals surface area contributed by atoms with E-state index in [2.05, 4.69) is 20.2 Å². The summed E-state index contributed by atoms with van der Waals surface area (Å²) < 4.78 is 16.0. The van der Waals surface area contributed by atoms with Crippen LogP contribution in [0.3, 0.4) is 0 Å².